The summed E-state index contributed by atoms with van der Waals surface area (Å²) in [6, 6.07) is 0. The number of hydrogen-bond acceptors (Lipinski definition) is 4. The van der Waals surface area contributed by atoms with Gasteiger partial charge in [0.2, 0.25) is 0 Å². The Bertz CT molecular complexity index is 183. The van der Waals surface area contributed by atoms with E-state index in [1.165, 1.54) is 6.42 Å². The van der Waals surface area contributed by atoms with Crippen LogP contribution in [0.25, 0.3) is 0 Å². The molecular weight excluding hydrogens is 194 g/mol. The Morgan fingerprint density at radius 2 is 2.13 bits per heavy atom. The summed E-state index contributed by atoms with van der Waals surface area (Å²) in [7, 11) is 1.71. The summed E-state index contributed by atoms with van der Waals surface area (Å²) in [5.74, 6) is 5.18. The maximum Gasteiger partial charge on any atom is 0.0987 e. The first kappa shape index (κ1) is 12.9. The van der Waals surface area contributed by atoms with Gasteiger partial charge in [0, 0.05) is 19.1 Å². The molecule has 1 fully saturated rings. The molecule has 0 bridgehead atoms. The van der Waals surface area contributed by atoms with Gasteiger partial charge in [0.05, 0.1) is 18.8 Å². The van der Waals surface area contributed by atoms with Crippen LogP contribution in [0.4, 0.5) is 0 Å². The Morgan fingerprint density at radius 3 is 2.60 bits per heavy atom. The zero-order valence-electron chi connectivity index (χ0n) is 10.0. The van der Waals surface area contributed by atoms with Crippen molar-refractivity contribution in [2.45, 2.75) is 38.7 Å². The summed E-state index contributed by atoms with van der Waals surface area (Å²) in [6.07, 6.45) is 3.32. The minimum absolute atomic E-state index is 0.127. The van der Waals surface area contributed by atoms with Gasteiger partial charge in [-0.2, -0.15) is 0 Å². The first-order valence-electron chi connectivity index (χ1n) is 5.52. The molecule has 0 saturated carbocycles. The van der Waals surface area contributed by atoms with Crippen LogP contribution < -0.4 is 5.90 Å². The van der Waals surface area contributed by atoms with Crippen LogP contribution in [0.2, 0.25) is 0 Å². The lowest BCUT2D eigenvalue weighted by Gasteiger charge is -2.47. The molecule has 1 rings (SSSR count). The maximum absolute atomic E-state index is 5.96. The van der Waals surface area contributed by atoms with Crippen molar-refractivity contribution in [2.24, 2.45) is 11.3 Å². The average molecular weight is 217 g/mol. The van der Waals surface area contributed by atoms with E-state index in [0.717, 1.165) is 19.4 Å². The van der Waals surface area contributed by atoms with Crippen molar-refractivity contribution in [1.82, 2.24) is 0 Å². The van der Waals surface area contributed by atoms with Gasteiger partial charge >= 0.3 is 0 Å². The van der Waals surface area contributed by atoms with Crippen molar-refractivity contribution >= 4 is 0 Å². The lowest BCUT2D eigenvalue weighted by molar-refractivity contribution is -0.193. The fourth-order valence-corrected chi connectivity index (χ4v) is 2.27. The molecule has 0 aromatic carbocycles. The highest BCUT2D eigenvalue weighted by molar-refractivity contribution is 4.96. The molecule has 90 valence electrons. The highest BCUT2D eigenvalue weighted by Gasteiger charge is 2.47. The van der Waals surface area contributed by atoms with Crippen LogP contribution in [0.1, 0.15) is 33.1 Å². The summed E-state index contributed by atoms with van der Waals surface area (Å²) in [4.78, 5) is 4.80. The van der Waals surface area contributed by atoms with Crippen molar-refractivity contribution < 1.29 is 14.3 Å². The van der Waals surface area contributed by atoms with E-state index in [1.807, 2.05) is 0 Å². The topological polar surface area (TPSA) is 53.7 Å². The summed E-state index contributed by atoms with van der Waals surface area (Å²) in [6.45, 7) is 6.12. The molecule has 0 spiro atoms. The Kier molecular flexibility index (Phi) is 4.52. The fraction of sp³-hybridized carbons (Fsp3) is 1.00. The monoisotopic (exact) mass is 217 g/mol. The van der Waals surface area contributed by atoms with Gasteiger partial charge in [0.1, 0.15) is 0 Å². The standard InChI is InChI=1S/C11H23NO3/c1-10(2,8-15-12)11(9-13-3)6-4-5-7-14-11/h4-9,12H2,1-3H3. The quantitative estimate of drug-likeness (QED) is 0.709. The average Bonchev–Trinajstić information content (AvgIpc) is 2.19. The highest BCUT2D eigenvalue weighted by Crippen LogP contribution is 2.41. The van der Waals surface area contributed by atoms with Gasteiger partial charge in [-0.25, -0.2) is 5.90 Å². The first-order chi connectivity index (χ1) is 7.08. The zero-order valence-corrected chi connectivity index (χ0v) is 10.0. The molecule has 2 N–H and O–H groups in total. The van der Waals surface area contributed by atoms with E-state index in [1.54, 1.807) is 7.11 Å². The van der Waals surface area contributed by atoms with E-state index in [4.69, 9.17) is 20.2 Å². The SMILES string of the molecule is COCC1(C(C)(C)CON)CCCCO1. The molecule has 15 heavy (non-hydrogen) atoms. The van der Waals surface area contributed by atoms with Gasteiger partial charge in [0.25, 0.3) is 0 Å². The molecule has 0 aromatic heterocycles. The third-order valence-corrected chi connectivity index (χ3v) is 3.41. The molecule has 1 saturated heterocycles. The fourth-order valence-electron chi connectivity index (χ4n) is 2.27. The number of methoxy groups -OCH3 is 1. The second-order valence-electron chi connectivity index (χ2n) is 4.93. The van der Waals surface area contributed by atoms with E-state index in [-0.39, 0.29) is 11.0 Å². The molecule has 0 aliphatic carbocycles. The van der Waals surface area contributed by atoms with Crippen molar-refractivity contribution in [2.75, 3.05) is 26.9 Å². The molecule has 0 aromatic rings. The second kappa shape index (κ2) is 5.25. The molecule has 1 unspecified atom stereocenters. The molecule has 1 aliphatic heterocycles. The normalized spacial score (nSPS) is 28.0. The van der Waals surface area contributed by atoms with Crippen molar-refractivity contribution in [1.29, 1.82) is 0 Å². The Balaban J connectivity index is 2.77. The molecule has 4 nitrogen and oxygen atoms in total. The number of hydrogen-bond donors (Lipinski definition) is 1. The van der Waals surface area contributed by atoms with Gasteiger partial charge in [-0.3, -0.25) is 0 Å². The van der Waals surface area contributed by atoms with Gasteiger partial charge in [0.15, 0.2) is 0 Å². The van der Waals surface area contributed by atoms with Crippen molar-refractivity contribution in [3.05, 3.63) is 0 Å². The van der Waals surface area contributed by atoms with Crippen LogP contribution in [-0.4, -0.2) is 32.5 Å². The highest BCUT2D eigenvalue weighted by atomic mass is 16.6. The van der Waals surface area contributed by atoms with Crippen LogP contribution in [0.5, 0.6) is 0 Å². The number of nitrogens with two attached hydrogens (primary N) is 1. The molecule has 0 radical (unpaired) electrons. The molecule has 1 atom stereocenters. The van der Waals surface area contributed by atoms with Gasteiger partial charge in [-0.1, -0.05) is 13.8 Å². The van der Waals surface area contributed by atoms with E-state index in [2.05, 4.69) is 13.8 Å². The summed E-state index contributed by atoms with van der Waals surface area (Å²) >= 11 is 0. The van der Waals surface area contributed by atoms with E-state index >= 15 is 0 Å². The smallest absolute Gasteiger partial charge is 0.0987 e. The van der Waals surface area contributed by atoms with Crippen LogP contribution in [0.15, 0.2) is 0 Å². The van der Waals surface area contributed by atoms with E-state index in [0.29, 0.717) is 13.2 Å². The zero-order chi connectivity index (χ0) is 11.4. The molecule has 4 heteroatoms. The van der Waals surface area contributed by atoms with E-state index in [9.17, 15) is 0 Å². The third-order valence-electron chi connectivity index (χ3n) is 3.41. The van der Waals surface area contributed by atoms with Crippen LogP contribution in [0.3, 0.4) is 0 Å². The van der Waals surface area contributed by atoms with Crippen LogP contribution in [0, 0.1) is 5.41 Å². The Labute approximate surface area is 92.0 Å². The molecule has 0 amide bonds. The van der Waals surface area contributed by atoms with Gasteiger partial charge in [-0.15, -0.1) is 0 Å². The summed E-state index contributed by atoms with van der Waals surface area (Å²) < 4.78 is 11.3. The van der Waals surface area contributed by atoms with E-state index < -0.39 is 0 Å². The third kappa shape index (κ3) is 2.69. The lowest BCUT2D eigenvalue weighted by atomic mass is 9.72. The van der Waals surface area contributed by atoms with Crippen molar-refractivity contribution in [3.63, 3.8) is 0 Å². The molecule has 1 heterocycles. The summed E-state index contributed by atoms with van der Waals surface area (Å²) in [5.41, 5.74) is -0.377. The van der Waals surface area contributed by atoms with Gasteiger partial charge < -0.3 is 14.3 Å². The van der Waals surface area contributed by atoms with Crippen molar-refractivity contribution in [3.8, 4) is 0 Å². The second-order valence-corrected chi connectivity index (χ2v) is 4.93. The minimum atomic E-state index is -0.251. The molecule has 1 aliphatic rings. The maximum atomic E-state index is 5.96. The predicted octanol–water partition coefficient (Wildman–Crippen LogP) is 1.49. The predicted molar refractivity (Wildman–Crippen MR) is 58.3 cm³/mol. The molecular formula is C11H23NO3. The first-order valence-corrected chi connectivity index (χ1v) is 5.52. The Morgan fingerprint density at radius 1 is 1.40 bits per heavy atom. The Hall–Kier alpha value is -0.160. The number of rotatable bonds is 5. The lowest BCUT2D eigenvalue weighted by Crippen LogP contribution is -2.54. The van der Waals surface area contributed by atoms with Crippen LogP contribution >= 0.6 is 0 Å². The van der Waals surface area contributed by atoms with Gasteiger partial charge in [-0.05, 0) is 19.3 Å². The summed E-state index contributed by atoms with van der Waals surface area (Å²) in [5, 5.41) is 0. The largest absolute Gasteiger partial charge is 0.382 e. The minimum Gasteiger partial charge on any atom is -0.382 e. The number of ether oxygens (including phenoxy) is 2. The van der Waals surface area contributed by atoms with Crippen LogP contribution in [-0.2, 0) is 14.3 Å².